The summed E-state index contributed by atoms with van der Waals surface area (Å²) in [6, 6.07) is 26.4. The second kappa shape index (κ2) is 12.1. The van der Waals surface area contributed by atoms with Crippen molar-refractivity contribution in [1.82, 2.24) is 5.43 Å². The largest absolute Gasteiger partial charge is 0.504 e. The van der Waals surface area contributed by atoms with Crippen molar-refractivity contribution in [2.24, 2.45) is 5.10 Å². The number of hydrogen-bond acceptors (Lipinski definition) is 7. The van der Waals surface area contributed by atoms with Crippen LogP contribution in [-0.4, -0.2) is 39.9 Å². The average Bonchev–Trinajstić information content (AvgIpc) is 2.97. The Hall–Kier alpha value is -4.83. The number of ether oxygens (including phenoxy) is 2. The van der Waals surface area contributed by atoms with Crippen LogP contribution in [0.25, 0.3) is 0 Å². The van der Waals surface area contributed by atoms with Gasteiger partial charge in [-0.1, -0.05) is 48.5 Å². The first-order valence-corrected chi connectivity index (χ1v) is 13.3. The van der Waals surface area contributed by atoms with Crippen LogP contribution in [0.3, 0.4) is 0 Å². The smallest absolute Gasteiger partial charge is 0.273 e. The van der Waals surface area contributed by atoms with Crippen molar-refractivity contribution < 1.29 is 27.8 Å². The van der Waals surface area contributed by atoms with Crippen molar-refractivity contribution in [1.29, 1.82) is 0 Å². The van der Waals surface area contributed by atoms with Gasteiger partial charge in [0.25, 0.3) is 15.9 Å². The molecule has 0 spiro atoms. The van der Waals surface area contributed by atoms with Crippen LogP contribution in [0.4, 0.5) is 5.69 Å². The number of carbonyl (C=O) groups is 1. The zero-order chi connectivity index (χ0) is 27.8. The van der Waals surface area contributed by atoms with Crippen LogP contribution < -0.4 is 19.2 Å². The summed E-state index contributed by atoms with van der Waals surface area (Å²) in [6.45, 7) is -0.0134. The van der Waals surface area contributed by atoms with Crippen molar-refractivity contribution in [3.05, 3.63) is 114 Å². The first kappa shape index (κ1) is 27.2. The monoisotopic (exact) mass is 545 g/mol. The Morgan fingerprint density at radius 3 is 2.28 bits per heavy atom. The number of anilines is 1. The Morgan fingerprint density at radius 1 is 0.897 bits per heavy atom. The lowest BCUT2D eigenvalue weighted by Crippen LogP contribution is -2.33. The number of amides is 1. The molecule has 0 bridgehead atoms. The Balaban J connectivity index is 1.70. The van der Waals surface area contributed by atoms with E-state index >= 15 is 0 Å². The summed E-state index contributed by atoms with van der Waals surface area (Å²) in [5, 5.41) is 14.2. The van der Waals surface area contributed by atoms with Crippen molar-refractivity contribution in [3.63, 3.8) is 0 Å². The fraction of sp³-hybridized carbons (Fsp3) is 0.103. The lowest BCUT2D eigenvalue weighted by Gasteiger charge is -2.26. The van der Waals surface area contributed by atoms with Gasteiger partial charge < -0.3 is 14.6 Å². The van der Waals surface area contributed by atoms with Gasteiger partial charge in [-0.25, -0.2) is 13.8 Å². The van der Waals surface area contributed by atoms with E-state index in [2.05, 4.69) is 10.5 Å². The van der Waals surface area contributed by atoms with E-state index in [1.165, 1.54) is 42.9 Å². The number of hydrazone groups is 1. The second-order valence-electron chi connectivity index (χ2n) is 8.29. The number of carbonyl (C=O) groups excluding carboxylic acids is 1. The molecule has 1 amide bonds. The van der Waals surface area contributed by atoms with Crippen molar-refractivity contribution in [3.8, 4) is 17.2 Å². The van der Waals surface area contributed by atoms with Crippen LogP contribution in [0.2, 0.25) is 0 Å². The van der Waals surface area contributed by atoms with Gasteiger partial charge in [0.1, 0.15) is 5.75 Å². The Morgan fingerprint density at radius 2 is 1.59 bits per heavy atom. The number of nitrogens with one attached hydrogen (secondary N) is 1. The maximum atomic E-state index is 13.9. The van der Waals surface area contributed by atoms with Crippen LogP contribution in [0.5, 0.6) is 17.2 Å². The zero-order valence-electron chi connectivity index (χ0n) is 21.3. The van der Waals surface area contributed by atoms with Gasteiger partial charge in [0.15, 0.2) is 11.5 Å². The fourth-order valence-electron chi connectivity index (χ4n) is 3.84. The van der Waals surface area contributed by atoms with E-state index in [1.807, 2.05) is 30.3 Å². The molecule has 10 heteroatoms. The number of benzene rings is 4. The van der Waals surface area contributed by atoms with E-state index in [1.54, 1.807) is 48.5 Å². The fourth-order valence-corrected chi connectivity index (χ4v) is 5.31. The van der Waals surface area contributed by atoms with Gasteiger partial charge in [0, 0.05) is 5.56 Å². The molecule has 0 aliphatic rings. The minimum atomic E-state index is -4.10. The molecule has 4 aromatic rings. The highest BCUT2D eigenvalue weighted by Gasteiger charge is 2.28. The molecular formula is C29H27N3O6S. The number of para-hydroxylation sites is 2. The van der Waals surface area contributed by atoms with Crippen molar-refractivity contribution in [2.45, 2.75) is 11.4 Å². The molecule has 200 valence electrons. The topological polar surface area (TPSA) is 118 Å². The van der Waals surface area contributed by atoms with E-state index in [0.29, 0.717) is 11.3 Å². The second-order valence-corrected chi connectivity index (χ2v) is 10.1. The Bertz CT molecular complexity index is 1570. The SMILES string of the molecule is COc1ccc(S(=O)(=O)N(Cc2ccccc2)c2ccccc2C(=O)N/N=C\c2cccc(OC)c2O)cc1. The standard InChI is InChI=1S/C29H27N3O6S/c1-37-23-15-17-24(18-16-23)39(35,36)32(20-21-9-4-3-5-10-21)26-13-7-6-12-25(26)29(34)31-30-19-22-11-8-14-27(38-2)28(22)33/h3-19,33H,20H2,1-2H3,(H,31,34)/b30-19-. The molecule has 2 N–H and O–H groups in total. The van der Waals surface area contributed by atoms with Crippen LogP contribution in [-0.2, 0) is 16.6 Å². The molecule has 0 unspecified atom stereocenters. The molecule has 0 fully saturated rings. The first-order valence-electron chi connectivity index (χ1n) is 11.8. The van der Waals surface area contributed by atoms with E-state index in [-0.39, 0.29) is 34.2 Å². The lowest BCUT2D eigenvalue weighted by atomic mass is 10.1. The minimum absolute atomic E-state index is 0.0134. The molecule has 0 radical (unpaired) electrons. The summed E-state index contributed by atoms with van der Waals surface area (Å²) in [7, 11) is -1.17. The van der Waals surface area contributed by atoms with Crippen LogP contribution >= 0.6 is 0 Å². The number of rotatable bonds is 10. The number of methoxy groups -OCH3 is 2. The Labute approximate surface area is 227 Å². The van der Waals surface area contributed by atoms with Gasteiger partial charge in [-0.15, -0.1) is 0 Å². The van der Waals surface area contributed by atoms with Gasteiger partial charge in [-0.3, -0.25) is 9.10 Å². The molecule has 0 aliphatic heterocycles. The molecule has 0 saturated heterocycles. The number of sulfonamides is 1. The highest BCUT2D eigenvalue weighted by Crippen LogP contribution is 2.30. The molecule has 4 aromatic carbocycles. The van der Waals surface area contributed by atoms with E-state index in [0.717, 1.165) is 5.56 Å². The maximum Gasteiger partial charge on any atom is 0.273 e. The van der Waals surface area contributed by atoms with Gasteiger partial charge in [-0.2, -0.15) is 5.10 Å². The normalized spacial score (nSPS) is 11.2. The first-order chi connectivity index (χ1) is 18.8. The summed E-state index contributed by atoms with van der Waals surface area (Å²) >= 11 is 0. The molecule has 0 heterocycles. The van der Waals surface area contributed by atoms with E-state index in [9.17, 15) is 18.3 Å². The lowest BCUT2D eigenvalue weighted by molar-refractivity contribution is 0.0955. The van der Waals surface area contributed by atoms with Gasteiger partial charge in [0.05, 0.1) is 43.1 Å². The maximum absolute atomic E-state index is 13.9. The van der Waals surface area contributed by atoms with Crippen LogP contribution in [0, 0.1) is 0 Å². The van der Waals surface area contributed by atoms with Gasteiger partial charge >= 0.3 is 0 Å². The highest BCUT2D eigenvalue weighted by atomic mass is 32.2. The molecule has 0 atom stereocenters. The third-order valence-electron chi connectivity index (χ3n) is 5.85. The van der Waals surface area contributed by atoms with Crippen LogP contribution in [0.1, 0.15) is 21.5 Å². The van der Waals surface area contributed by atoms with E-state index in [4.69, 9.17) is 9.47 Å². The zero-order valence-corrected chi connectivity index (χ0v) is 22.1. The van der Waals surface area contributed by atoms with Crippen molar-refractivity contribution in [2.75, 3.05) is 18.5 Å². The summed E-state index contributed by atoms with van der Waals surface area (Å²) in [5.74, 6) is 0.0180. The molecular weight excluding hydrogens is 518 g/mol. The average molecular weight is 546 g/mol. The summed E-state index contributed by atoms with van der Waals surface area (Å²) < 4.78 is 39.2. The summed E-state index contributed by atoms with van der Waals surface area (Å²) in [5.41, 5.74) is 3.75. The van der Waals surface area contributed by atoms with Crippen molar-refractivity contribution >= 4 is 27.8 Å². The predicted molar refractivity (Wildman–Crippen MR) is 149 cm³/mol. The molecule has 4 rings (SSSR count). The van der Waals surface area contributed by atoms with Gasteiger partial charge in [-0.05, 0) is 54.1 Å². The molecule has 0 aliphatic carbocycles. The number of hydrogen-bond donors (Lipinski definition) is 2. The highest BCUT2D eigenvalue weighted by molar-refractivity contribution is 7.92. The minimum Gasteiger partial charge on any atom is -0.504 e. The summed E-state index contributed by atoms with van der Waals surface area (Å²) in [6.07, 6.45) is 1.27. The molecule has 0 saturated carbocycles. The van der Waals surface area contributed by atoms with E-state index < -0.39 is 15.9 Å². The predicted octanol–water partition coefficient (Wildman–Crippen LogP) is 4.57. The number of phenols is 1. The quantitative estimate of drug-likeness (QED) is 0.223. The third kappa shape index (κ3) is 6.19. The number of aromatic hydroxyl groups is 1. The third-order valence-corrected chi connectivity index (χ3v) is 7.63. The molecule has 9 nitrogen and oxygen atoms in total. The van der Waals surface area contributed by atoms with Crippen LogP contribution in [0.15, 0.2) is 107 Å². The van der Waals surface area contributed by atoms with Gasteiger partial charge in [0.2, 0.25) is 0 Å². The molecule has 0 aromatic heterocycles. The number of nitrogens with zero attached hydrogens (tertiary/aromatic N) is 2. The Kier molecular flexibility index (Phi) is 8.47. The molecule has 39 heavy (non-hydrogen) atoms. The number of phenolic OH excluding ortho intramolecular Hbond substituents is 1. The summed E-state index contributed by atoms with van der Waals surface area (Å²) in [4.78, 5) is 13.3.